The summed E-state index contributed by atoms with van der Waals surface area (Å²) < 4.78 is 1.58. The molecule has 0 atom stereocenters. The number of hydrogen-bond acceptors (Lipinski definition) is 10. The molecule has 0 unspecified atom stereocenters. The molecule has 6 rings (SSSR count). The zero-order valence-electron chi connectivity index (χ0n) is 21.3. The van der Waals surface area contributed by atoms with E-state index in [9.17, 15) is 24.3 Å². The van der Waals surface area contributed by atoms with Crippen molar-refractivity contribution < 1.29 is 43.1 Å². The van der Waals surface area contributed by atoms with Crippen molar-refractivity contribution in [3.05, 3.63) is 56.5 Å². The molecule has 4 aromatic heterocycles. The van der Waals surface area contributed by atoms with Gasteiger partial charge in [-0.1, -0.05) is 23.2 Å². The fourth-order valence-electron chi connectivity index (χ4n) is 2.87. The summed E-state index contributed by atoms with van der Waals surface area (Å²) >= 11 is 23.4. The molecule has 4 aromatic rings. The van der Waals surface area contributed by atoms with Crippen LogP contribution in [0.1, 0.15) is 32.2 Å². The molecule has 41 heavy (non-hydrogen) atoms. The minimum Gasteiger partial charge on any atom is -0.544 e. The molecule has 1 amide bonds. The van der Waals surface area contributed by atoms with Gasteiger partial charge in [-0.3, -0.25) is 24.4 Å². The minimum atomic E-state index is -1.20. The number of aromatic nitrogens is 2. The second-order valence-electron chi connectivity index (χ2n) is 7.82. The van der Waals surface area contributed by atoms with Crippen LogP contribution in [0.25, 0.3) is 20.4 Å². The number of carbonyl (C=O) groups excluding carboxylic acids is 4. The van der Waals surface area contributed by atoms with Gasteiger partial charge in [-0.15, -0.1) is 35.1 Å². The van der Waals surface area contributed by atoms with Gasteiger partial charge >= 0.3 is 29.3 Å². The summed E-state index contributed by atoms with van der Waals surface area (Å²) in [4.78, 5) is 52.2. The maximum atomic E-state index is 12.0. The van der Waals surface area contributed by atoms with Crippen molar-refractivity contribution in [3.63, 3.8) is 0 Å². The van der Waals surface area contributed by atoms with Gasteiger partial charge in [0.1, 0.15) is 0 Å². The van der Waals surface area contributed by atoms with Crippen molar-refractivity contribution in [1.82, 2.24) is 20.2 Å². The Morgan fingerprint density at radius 1 is 0.829 bits per heavy atom. The number of fused-ring (bicyclic) bond motifs is 2. The monoisotopic (exact) mass is 690 g/mol. The van der Waals surface area contributed by atoms with E-state index in [0.29, 0.717) is 20.3 Å². The molecule has 0 aliphatic carbocycles. The number of likely N-dealkylation sites (tertiary alicyclic amines) is 1. The summed E-state index contributed by atoms with van der Waals surface area (Å²) in [5, 5.41) is 12.5. The van der Waals surface area contributed by atoms with Gasteiger partial charge in [0.2, 0.25) is 0 Å². The molecule has 2 aliphatic rings. The number of thiophene rings is 2. The number of hydrogen-bond donors (Lipinski definition) is 1. The van der Waals surface area contributed by atoms with Gasteiger partial charge in [-0.2, -0.15) is 0 Å². The smallest absolute Gasteiger partial charge is 0.544 e. The van der Waals surface area contributed by atoms with Crippen molar-refractivity contribution >= 4 is 124 Å². The largest absolute Gasteiger partial charge is 1.00 e. The molecule has 1 N–H and O–H groups in total. The van der Waals surface area contributed by atoms with Gasteiger partial charge in [0.25, 0.3) is 5.91 Å². The van der Waals surface area contributed by atoms with Crippen molar-refractivity contribution in [3.8, 4) is 0 Å². The molecule has 214 valence electrons. The number of nitrogens with zero attached hydrogens (tertiary/aromatic N) is 3. The first-order chi connectivity index (χ1) is 18.6. The third-order valence-corrected chi connectivity index (χ3v) is 8.72. The van der Waals surface area contributed by atoms with E-state index in [-0.39, 0.29) is 42.1 Å². The zero-order valence-corrected chi connectivity index (χ0v) is 26.8. The van der Waals surface area contributed by atoms with Crippen molar-refractivity contribution in [2.45, 2.75) is 12.8 Å². The van der Waals surface area contributed by atoms with Crippen molar-refractivity contribution in [1.29, 1.82) is 0 Å². The molecule has 0 radical (unpaired) electrons. The Hall–Kier alpha value is -1.49. The van der Waals surface area contributed by atoms with Crippen LogP contribution in [0.2, 0.25) is 10.0 Å². The quantitative estimate of drug-likeness (QED) is 0.196. The summed E-state index contributed by atoms with van der Waals surface area (Å²) in [5.74, 6) is -1.09. The second kappa shape index (κ2) is 18.2. The molecule has 17 heteroatoms. The van der Waals surface area contributed by atoms with Crippen molar-refractivity contribution in [2.75, 3.05) is 26.2 Å². The number of carbonyl (C=O) groups is 4. The summed E-state index contributed by atoms with van der Waals surface area (Å²) in [6, 6.07) is 6.66. The first kappa shape index (κ1) is 37.5. The summed E-state index contributed by atoms with van der Waals surface area (Å²) in [6.45, 7) is 4.24. The second-order valence-corrected chi connectivity index (χ2v) is 11.4. The number of rotatable bonds is 3. The molecule has 0 saturated carbocycles. The molecule has 9 nitrogen and oxygen atoms in total. The van der Waals surface area contributed by atoms with Crippen LogP contribution in [-0.2, 0) is 9.59 Å². The Morgan fingerprint density at radius 3 is 1.56 bits per heavy atom. The third kappa shape index (κ3) is 10.9. The maximum Gasteiger partial charge on any atom is 1.00 e. The molecular weight excluding hydrogens is 673 g/mol. The molecule has 2 aliphatic heterocycles. The Bertz CT molecular complexity index is 1500. The van der Waals surface area contributed by atoms with E-state index in [1.54, 1.807) is 18.3 Å². The summed E-state index contributed by atoms with van der Waals surface area (Å²) in [6.07, 6.45) is 5.70. The Balaban J connectivity index is 0.000000302. The van der Waals surface area contributed by atoms with Gasteiger partial charge in [0, 0.05) is 25.5 Å². The van der Waals surface area contributed by atoms with E-state index in [4.69, 9.17) is 23.2 Å². The molecule has 6 heterocycles. The predicted octanol–water partition coefficient (Wildman–Crippen LogP) is 2.03. The number of carboxylic acids is 1. The minimum absolute atomic E-state index is 0. The Morgan fingerprint density at radius 2 is 1.24 bits per heavy atom. The van der Waals surface area contributed by atoms with Crippen LogP contribution in [0.5, 0.6) is 0 Å². The van der Waals surface area contributed by atoms with Crippen LogP contribution >= 0.6 is 81.5 Å². The van der Waals surface area contributed by atoms with Crippen LogP contribution in [0.15, 0.2) is 36.7 Å². The van der Waals surface area contributed by atoms with Gasteiger partial charge in [0.15, 0.2) is 0 Å². The van der Waals surface area contributed by atoms with Gasteiger partial charge in [0.05, 0.1) is 46.2 Å². The standard InChI is InChI=1S/C11H9ClN2OS.C8H4ClNO2S.C3H7N.C2Cl2O2.ClH.Li/c12-7-2-3-13-8-6-9(16-10(7)8)11(15)14-4-1-5-14;9-4-1-2-10-5-3-6(8(11)12)13-7(4)5;1-2-4-3-1;3-1(5)2(4)6;;/h2-3,6H,1,4-5H2;1-3H,(H,11,12);4H,1-3H2;;1H;/q;;;;;+1/p-1. The number of aromatic carboxylic acids is 1. The van der Waals surface area contributed by atoms with E-state index >= 15 is 0 Å². The molecule has 2 fully saturated rings. The number of pyridine rings is 2. The van der Waals surface area contributed by atoms with E-state index in [2.05, 4.69) is 38.5 Å². The van der Waals surface area contributed by atoms with Crippen LogP contribution in [-0.4, -0.2) is 63.4 Å². The molecule has 0 aromatic carbocycles. The average molecular weight is 693 g/mol. The van der Waals surface area contributed by atoms with E-state index < -0.39 is 16.5 Å². The maximum absolute atomic E-state index is 12.0. The Labute approximate surface area is 281 Å². The number of carboxylic acid groups (broad SMARTS) is 1. The fraction of sp³-hybridized carbons (Fsp3) is 0.250. The SMILES string of the molecule is C1CNC1.Cl.O=C(Cl)C(=O)Cl.O=C([O-])c1cc2nccc(Cl)c2s1.O=C(c1cc2nccc(Cl)c2s1)N1CCC1.[Li+]. The molecule has 0 bridgehead atoms. The molecule has 0 spiro atoms. The van der Waals surface area contributed by atoms with Crippen LogP contribution in [0.3, 0.4) is 0 Å². The number of amides is 1. The van der Waals surface area contributed by atoms with Crippen LogP contribution in [0.4, 0.5) is 0 Å². The van der Waals surface area contributed by atoms with Crippen LogP contribution in [0, 0.1) is 0 Å². The van der Waals surface area contributed by atoms with E-state index in [0.717, 1.165) is 45.9 Å². The summed E-state index contributed by atoms with van der Waals surface area (Å²) in [7, 11) is 0. The average Bonchev–Trinajstić information content (AvgIpc) is 3.44. The topological polar surface area (TPSA) is 132 Å². The number of halogens is 5. The first-order valence-electron chi connectivity index (χ1n) is 11.3. The zero-order chi connectivity index (χ0) is 28.5. The van der Waals surface area contributed by atoms with Crippen molar-refractivity contribution in [2.24, 2.45) is 0 Å². The molecular formula is C24H20Cl5LiN4O5S2. The first-order valence-corrected chi connectivity index (χ1v) is 14.4. The van der Waals surface area contributed by atoms with Gasteiger partial charge in [-0.05, 0) is 73.4 Å². The number of nitrogens with one attached hydrogen (secondary N) is 1. The van der Waals surface area contributed by atoms with Gasteiger partial charge in [-0.25, -0.2) is 0 Å². The normalized spacial score (nSPS) is 12.7. The predicted molar refractivity (Wildman–Crippen MR) is 161 cm³/mol. The third-order valence-electron chi connectivity index (χ3n) is 5.14. The van der Waals surface area contributed by atoms with E-state index in [1.165, 1.54) is 43.1 Å². The summed E-state index contributed by atoms with van der Waals surface area (Å²) in [5.41, 5.74) is 1.40. The van der Waals surface area contributed by atoms with E-state index in [1.807, 2.05) is 11.0 Å². The Kier molecular flexibility index (Phi) is 16.7. The van der Waals surface area contributed by atoms with Gasteiger partial charge < -0.3 is 20.1 Å². The van der Waals surface area contributed by atoms with Crippen LogP contribution < -0.4 is 29.3 Å². The fourth-order valence-corrected chi connectivity index (χ4v) is 5.25. The molecule has 2 saturated heterocycles.